The first kappa shape index (κ1) is 19.8. The van der Waals surface area contributed by atoms with Gasteiger partial charge in [0.05, 0.1) is 12.2 Å². The fraction of sp³-hybridized carbons (Fsp3) is 1.00. The zero-order chi connectivity index (χ0) is 15.1. The summed E-state index contributed by atoms with van der Waals surface area (Å²) in [4.78, 5) is 0. The molecule has 0 aliphatic carbocycles. The summed E-state index contributed by atoms with van der Waals surface area (Å²) < 4.78 is 0. The number of hydrogen-bond acceptors (Lipinski definition) is 6. The Kier molecular flexibility index (Phi) is 15.0. The molecule has 0 saturated heterocycles. The normalized spacial score (nSPS) is 14.4. The number of hydrogen-bond donors (Lipinski definition) is 6. The van der Waals surface area contributed by atoms with Crippen molar-refractivity contribution in [2.75, 3.05) is 39.3 Å². The Morgan fingerprint density at radius 3 is 1.35 bits per heavy atom. The van der Waals surface area contributed by atoms with Crippen molar-refractivity contribution in [3.63, 3.8) is 0 Å². The highest BCUT2D eigenvalue weighted by Gasteiger charge is 1.99. The van der Waals surface area contributed by atoms with Gasteiger partial charge in [-0.25, -0.2) is 0 Å². The van der Waals surface area contributed by atoms with Crippen molar-refractivity contribution in [3.8, 4) is 0 Å². The van der Waals surface area contributed by atoms with Crippen LogP contribution in [0.2, 0.25) is 0 Å². The monoisotopic (exact) mass is 290 g/mol. The molecule has 0 bridgehead atoms. The Morgan fingerprint density at radius 2 is 1.00 bits per heavy atom. The fourth-order valence-electron chi connectivity index (χ4n) is 1.91. The van der Waals surface area contributed by atoms with E-state index in [1.54, 1.807) is 0 Å². The highest BCUT2D eigenvalue weighted by molar-refractivity contribution is 4.60. The van der Waals surface area contributed by atoms with Gasteiger partial charge in [-0.2, -0.15) is 0 Å². The van der Waals surface area contributed by atoms with Crippen LogP contribution in [0.3, 0.4) is 0 Å². The molecule has 0 spiro atoms. The number of unbranched alkanes of at least 4 members (excludes halogenated alkanes) is 5. The molecule has 0 aromatic carbocycles. The lowest BCUT2D eigenvalue weighted by atomic mass is 10.1. The lowest BCUT2D eigenvalue weighted by Crippen LogP contribution is -2.33. The van der Waals surface area contributed by atoms with Crippen molar-refractivity contribution in [2.24, 2.45) is 11.5 Å². The molecule has 6 nitrogen and oxygen atoms in total. The molecule has 0 aliphatic rings. The summed E-state index contributed by atoms with van der Waals surface area (Å²) in [7, 11) is 0. The zero-order valence-electron chi connectivity index (χ0n) is 12.7. The molecular weight excluding hydrogens is 256 g/mol. The molecule has 0 saturated carbocycles. The molecule has 0 amide bonds. The molecule has 8 N–H and O–H groups in total. The molecule has 2 unspecified atom stereocenters. The maximum absolute atomic E-state index is 9.24. The van der Waals surface area contributed by atoms with E-state index in [1.165, 1.54) is 25.7 Å². The van der Waals surface area contributed by atoms with Crippen LogP contribution in [0.25, 0.3) is 0 Å². The Morgan fingerprint density at radius 1 is 0.650 bits per heavy atom. The van der Waals surface area contributed by atoms with Crippen LogP contribution < -0.4 is 22.1 Å². The van der Waals surface area contributed by atoms with Crippen molar-refractivity contribution in [1.82, 2.24) is 10.6 Å². The van der Waals surface area contributed by atoms with Gasteiger partial charge in [0, 0.05) is 26.2 Å². The van der Waals surface area contributed by atoms with Gasteiger partial charge in [0.25, 0.3) is 0 Å². The lowest BCUT2D eigenvalue weighted by molar-refractivity contribution is 0.179. The third-order valence-corrected chi connectivity index (χ3v) is 3.26. The molecule has 0 aliphatic heterocycles. The smallest absolute Gasteiger partial charge is 0.0786 e. The van der Waals surface area contributed by atoms with E-state index in [0.29, 0.717) is 26.2 Å². The minimum absolute atomic E-state index is 0.323. The van der Waals surface area contributed by atoms with E-state index in [0.717, 1.165) is 25.9 Å². The van der Waals surface area contributed by atoms with Crippen LogP contribution >= 0.6 is 0 Å². The summed E-state index contributed by atoms with van der Waals surface area (Å²) >= 11 is 0. The van der Waals surface area contributed by atoms with Crippen LogP contribution in [0.5, 0.6) is 0 Å². The molecular formula is C14H34N4O2. The topological polar surface area (TPSA) is 117 Å². The molecule has 0 rings (SSSR count). The number of aliphatic hydroxyl groups is 2. The number of rotatable bonds is 15. The van der Waals surface area contributed by atoms with E-state index >= 15 is 0 Å². The number of aliphatic hydroxyl groups excluding tert-OH is 2. The van der Waals surface area contributed by atoms with E-state index in [9.17, 15) is 10.2 Å². The Balaban J connectivity index is 3.03. The highest BCUT2D eigenvalue weighted by atomic mass is 16.3. The lowest BCUT2D eigenvalue weighted by Gasteiger charge is -2.09. The number of nitrogens with one attached hydrogen (secondary N) is 2. The minimum Gasteiger partial charge on any atom is -0.390 e. The van der Waals surface area contributed by atoms with Crippen LogP contribution in [-0.4, -0.2) is 61.7 Å². The minimum atomic E-state index is -0.416. The average Bonchev–Trinajstić information content (AvgIpc) is 2.47. The molecule has 20 heavy (non-hydrogen) atoms. The molecule has 2 atom stereocenters. The van der Waals surface area contributed by atoms with Gasteiger partial charge < -0.3 is 32.3 Å². The van der Waals surface area contributed by atoms with Gasteiger partial charge in [-0.1, -0.05) is 25.7 Å². The Labute approximate surface area is 123 Å². The van der Waals surface area contributed by atoms with Crippen molar-refractivity contribution < 1.29 is 10.2 Å². The summed E-state index contributed by atoms with van der Waals surface area (Å²) in [5.74, 6) is 0. The second-order valence-corrected chi connectivity index (χ2v) is 5.31. The fourth-order valence-corrected chi connectivity index (χ4v) is 1.91. The first-order valence-electron chi connectivity index (χ1n) is 7.88. The molecule has 0 heterocycles. The first-order valence-corrected chi connectivity index (χ1v) is 7.88. The van der Waals surface area contributed by atoms with E-state index in [2.05, 4.69) is 10.6 Å². The predicted molar refractivity (Wildman–Crippen MR) is 83.6 cm³/mol. The summed E-state index contributed by atoms with van der Waals surface area (Å²) in [5.41, 5.74) is 10.6. The molecule has 122 valence electrons. The van der Waals surface area contributed by atoms with Gasteiger partial charge in [0.2, 0.25) is 0 Å². The molecule has 0 fully saturated rings. The summed E-state index contributed by atoms with van der Waals surface area (Å²) in [6, 6.07) is 0. The molecule has 6 heteroatoms. The first-order chi connectivity index (χ1) is 9.70. The van der Waals surface area contributed by atoms with Crippen LogP contribution in [-0.2, 0) is 0 Å². The van der Waals surface area contributed by atoms with Crippen molar-refractivity contribution in [1.29, 1.82) is 0 Å². The van der Waals surface area contributed by atoms with Gasteiger partial charge in [-0.3, -0.25) is 0 Å². The van der Waals surface area contributed by atoms with Crippen molar-refractivity contribution >= 4 is 0 Å². The van der Waals surface area contributed by atoms with Gasteiger partial charge in [-0.15, -0.1) is 0 Å². The quantitative estimate of drug-likeness (QED) is 0.219. The third-order valence-electron chi connectivity index (χ3n) is 3.26. The molecule has 0 radical (unpaired) electrons. The highest BCUT2D eigenvalue weighted by Crippen LogP contribution is 2.04. The summed E-state index contributed by atoms with van der Waals surface area (Å²) in [6.07, 6.45) is 6.44. The van der Waals surface area contributed by atoms with Crippen LogP contribution in [0.1, 0.15) is 38.5 Å². The molecule has 0 aromatic rings. The SMILES string of the molecule is NCC(O)CNCCCCCCCCNCC(O)CN. The van der Waals surface area contributed by atoms with Gasteiger partial charge in [0.1, 0.15) is 0 Å². The Hall–Kier alpha value is -0.240. The van der Waals surface area contributed by atoms with Gasteiger partial charge in [0.15, 0.2) is 0 Å². The van der Waals surface area contributed by atoms with Gasteiger partial charge >= 0.3 is 0 Å². The van der Waals surface area contributed by atoms with E-state index in [4.69, 9.17) is 11.5 Å². The average molecular weight is 290 g/mol. The molecule has 0 aromatic heterocycles. The maximum atomic E-state index is 9.24. The second kappa shape index (κ2) is 15.2. The third kappa shape index (κ3) is 14.2. The van der Waals surface area contributed by atoms with Crippen LogP contribution in [0.15, 0.2) is 0 Å². The Bertz CT molecular complexity index is 176. The van der Waals surface area contributed by atoms with E-state index in [1.807, 2.05) is 0 Å². The standard InChI is InChI=1S/C14H34N4O2/c15-9-13(19)11-17-7-5-3-1-2-4-6-8-18-12-14(20)10-16/h13-14,17-20H,1-12,15-16H2. The second-order valence-electron chi connectivity index (χ2n) is 5.31. The maximum Gasteiger partial charge on any atom is 0.0786 e. The van der Waals surface area contributed by atoms with E-state index < -0.39 is 12.2 Å². The van der Waals surface area contributed by atoms with E-state index in [-0.39, 0.29) is 0 Å². The van der Waals surface area contributed by atoms with Crippen LogP contribution in [0, 0.1) is 0 Å². The van der Waals surface area contributed by atoms with Gasteiger partial charge in [-0.05, 0) is 25.9 Å². The summed E-state index contributed by atoms with van der Waals surface area (Å²) in [5, 5.41) is 24.9. The number of nitrogens with two attached hydrogens (primary N) is 2. The predicted octanol–water partition coefficient (Wildman–Crippen LogP) is -0.855. The summed E-state index contributed by atoms with van der Waals surface area (Å²) in [6.45, 7) is 3.74. The van der Waals surface area contributed by atoms with Crippen molar-refractivity contribution in [3.05, 3.63) is 0 Å². The zero-order valence-corrected chi connectivity index (χ0v) is 12.7. The largest absolute Gasteiger partial charge is 0.390 e. The van der Waals surface area contributed by atoms with Crippen LogP contribution in [0.4, 0.5) is 0 Å². The van der Waals surface area contributed by atoms with Crippen molar-refractivity contribution in [2.45, 2.75) is 50.7 Å².